The van der Waals surface area contributed by atoms with Gasteiger partial charge in [-0.15, -0.1) is 10.2 Å². The minimum atomic E-state index is -0.214. The van der Waals surface area contributed by atoms with Crippen LogP contribution in [0.5, 0.6) is 0 Å². The second kappa shape index (κ2) is 11.6. The molecule has 1 N–H and O–H groups in total. The third-order valence-electron chi connectivity index (χ3n) is 4.23. The van der Waals surface area contributed by atoms with Gasteiger partial charge in [0.1, 0.15) is 0 Å². The standard InChI is InChI=1S/C24H24BrN5OS/c1-17(2)15-30-23(20-9-11-21(25)12-10-20)28-29-24(30)32-16-22(31)27-26-14-18(3)13-19-7-5-4-6-8-19/h4-14H,1,15-16H2,2-3H3,(H,27,31). The van der Waals surface area contributed by atoms with Crippen molar-refractivity contribution in [3.05, 3.63) is 82.4 Å². The van der Waals surface area contributed by atoms with Gasteiger partial charge in [0.05, 0.1) is 12.0 Å². The second-order valence-corrected chi connectivity index (χ2v) is 9.10. The fourth-order valence-electron chi connectivity index (χ4n) is 2.84. The van der Waals surface area contributed by atoms with Crippen molar-refractivity contribution in [2.45, 2.75) is 25.5 Å². The van der Waals surface area contributed by atoms with Gasteiger partial charge in [-0.2, -0.15) is 5.10 Å². The molecule has 0 bridgehead atoms. The fraction of sp³-hybridized carbons (Fsp3) is 0.167. The van der Waals surface area contributed by atoms with Crippen LogP contribution in [0.15, 0.2) is 87.1 Å². The lowest BCUT2D eigenvalue weighted by Gasteiger charge is -2.10. The highest BCUT2D eigenvalue weighted by Gasteiger charge is 2.15. The van der Waals surface area contributed by atoms with E-state index in [9.17, 15) is 4.79 Å². The lowest BCUT2D eigenvalue weighted by molar-refractivity contribution is -0.118. The predicted octanol–water partition coefficient (Wildman–Crippen LogP) is 5.58. The summed E-state index contributed by atoms with van der Waals surface area (Å²) in [4.78, 5) is 12.3. The van der Waals surface area contributed by atoms with Gasteiger partial charge < -0.3 is 0 Å². The molecule has 0 unspecified atom stereocenters. The van der Waals surface area contributed by atoms with Crippen LogP contribution in [0.2, 0.25) is 0 Å². The third-order valence-corrected chi connectivity index (χ3v) is 5.73. The van der Waals surface area contributed by atoms with E-state index in [1.54, 1.807) is 6.21 Å². The molecule has 164 valence electrons. The number of aromatic nitrogens is 3. The van der Waals surface area contributed by atoms with E-state index in [0.717, 1.165) is 32.6 Å². The lowest BCUT2D eigenvalue weighted by Crippen LogP contribution is -2.20. The summed E-state index contributed by atoms with van der Waals surface area (Å²) in [7, 11) is 0. The minimum absolute atomic E-state index is 0.174. The number of halogens is 1. The molecular formula is C24H24BrN5OS. The summed E-state index contributed by atoms with van der Waals surface area (Å²) in [6.45, 7) is 8.46. The van der Waals surface area contributed by atoms with Gasteiger partial charge in [0.25, 0.3) is 5.91 Å². The van der Waals surface area contributed by atoms with E-state index in [1.165, 1.54) is 11.8 Å². The van der Waals surface area contributed by atoms with Gasteiger partial charge in [-0.05, 0) is 37.1 Å². The molecule has 3 rings (SSSR count). The van der Waals surface area contributed by atoms with Crippen molar-refractivity contribution in [3.8, 4) is 11.4 Å². The average Bonchev–Trinajstić information content (AvgIpc) is 3.15. The Morgan fingerprint density at radius 3 is 2.56 bits per heavy atom. The molecule has 32 heavy (non-hydrogen) atoms. The van der Waals surface area contributed by atoms with E-state index >= 15 is 0 Å². The second-order valence-electron chi connectivity index (χ2n) is 7.24. The summed E-state index contributed by atoms with van der Waals surface area (Å²) >= 11 is 4.76. The first kappa shape index (κ1) is 23.7. The zero-order valence-electron chi connectivity index (χ0n) is 18.0. The van der Waals surface area contributed by atoms with Crippen LogP contribution in [-0.4, -0.2) is 32.6 Å². The molecule has 0 saturated carbocycles. The number of thioether (sulfide) groups is 1. The van der Waals surface area contributed by atoms with E-state index < -0.39 is 0 Å². The van der Waals surface area contributed by atoms with Crippen molar-refractivity contribution in [3.63, 3.8) is 0 Å². The molecule has 3 aromatic rings. The van der Waals surface area contributed by atoms with Crippen LogP contribution in [0.4, 0.5) is 0 Å². The number of nitrogens with zero attached hydrogens (tertiary/aromatic N) is 4. The number of carbonyl (C=O) groups excluding carboxylic acids is 1. The van der Waals surface area contributed by atoms with E-state index in [-0.39, 0.29) is 11.7 Å². The SMILES string of the molecule is C=C(C)Cn1c(SCC(=O)NN=CC(C)=Cc2ccccc2)nnc1-c1ccc(Br)cc1. The molecule has 0 aliphatic heterocycles. The fourth-order valence-corrected chi connectivity index (χ4v) is 3.83. The van der Waals surface area contributed by atoms with Gasteiger partial charge in [0.15, 0.2) is 11.0 Å². The van der Waals surface area contributed by atoms with Gasteiger partial charge in [-0.1, -0.05) is 88.4 Å². The van der Waals surface area contributed by atoms with Gasteiger partial charge in [-0.3, -0.25) is 9.36 Å². The number of hydrogen-bond acceptors (Lipinski definition) is 5. The molecule has 0 atom stereocenters. The summed E-state index contributed by atoms with van der Waals surface area (Å²) in [5.41, 5.74) is 6.50. The molecule has 0 saturated heterocycles. The van der Waals surface area contributed by atoms with Crippen molar-refractivity contribution in [2.75, 3.05) is 5.75 Å². The third kappa shape index (κ3) is 7.03. The Kier molecular flexibility index (Phi) is 8.58. The number of allylic oxidation sites excluding steroid dienone is 2. The number of hydrazone groups is 1. The summed E-state index contributed by atoms with van der Waals surface area (Å²) in [5, 5.41) is 13.3. The number of carbonyl (C=O) groups is 1. The van der Waals surface area contributed by atoms with E-state index in [1.807, 2.05) is 79.1 Å². The van der Waals surface area contributed by atoms with Crippen LogP contribution in [0.3, 0.4) is 0 Å². The molecule has 2 aromatic carbocycles. The molecule has 0 radical (unpaired) electrons. The molecular weight excluding hydrogens is 486 g/mol. The number of amides is 1. The van der Waals surface area contributed by atoms with Crippen molar-refractivity contribution in [2.24, 2.45) is 5.10 Å². The molecule has 0 fully saturated rings. The van der Waals surface area contributed by atoms with E-state index in [0.29, 0.717) is 11.7 Å². The number of nitrogens with one attached hydrogen (secondary N) is 1. The highest BCUT2D eigenvalue weighted by Crippen LogP contribution is 2.26. The van der Waals surface area contributed by atoms with Gasteiger partial charge in [0, 0.05) is 16.6 Å². The zero-order valence-corrected chi connectivity index (χ0v) is 20.4. The monoisotopic (exact) mass is 509 g/mol. The van der Waals surface area contributed by atoms with Crippen molar-refractivity contribution in [1.82, 2.24) is 20.2 Å². The maximum Gasteiger partial charge on any atom is 0.250 e. The average molecular weight is 510 g/mol. The van der Waals surface area contributed by atoms with E-state index in [4.69, 9.17) is 0 Å². The van der Waals surface area contributed by atoms with Crippen molar-refractivity contribution >= 4 is 45.9 Å². The largest absolute Gasteiger partial charge is 0.298 e. The lowest BCUT2D eigenvalue weighted by atomic mass is 10.1. The predicted molar refractivity (Wildman–Crippen MR) is 135 cm³/mol. The van der Waals surface area contributed by atoms with Crippen LogP contribution in [-0.2, 0) is 11.3 Å². The maximum absolute atomic E-state index is 12.3. The van der Waals surface area contributed by atoms with Crippen LogP contribution in [0.25, 0.3) is 17.5 Å². The Morgan fingerprint density at radius 1 is 1.16 bits per heavy atom. The summed E-state index contributed by atoms with van der Waals surface area (Å²) in [6, 6.07) is 17.8. The normalized spacial score (nSPS) is 11.7. The number of rotatable bonds is 9. The number of hydrogen-bond donors (Lipinski definition) is 1. The van der Waals surface area contributed by atoms with Gasteiger partial charge in [0.2, 0.25) is 0 Å². The topological polar surface area (TPSA) is 72.2 Å². The molecule has 1 heterocycles. The first-order chi connectivity index (χ1) is 15.4. The van der Waals surface area contributed by atoms with Crippen molar-refractivity contribution < 1.29 is 4.79 Å². The molecule has 0 spiro atoms. The number of benzene rings is 2. The molecule has 0 aliphatic rings. The molecule has 8 heteroatoms. The first-order valence-corrected chi connectivity index (χ1v) is 11.7. The van der Waals surface area contributed by atoms with Crippen LogP contribution >= 0.6 is 27.7 Å². The van der Waals surface area contributed by atoms with Gasteiger partial charge in [-0.25, -0.2) is 5.43 Å². The minimum Gasteiger partial charge on any atom is -0.298 e. The quantitative estimate of drug-likeness (QED) is 0.177. The Labute approximate surface area is 200 Å². The van der Waals surface area contributed by atoms with E-state index in [2.05, 4.69) is 43.2 Å². The first-order valence-electron chi connectivity index (χ1n) is 9.94. The van der Waals surface area contributed by atoms with Crippen LogP contribution in [0.1, 0.15) is 19.4 Å². The highest BCUT2D eigenvalue weighted by atomic mass is 79.9. The zero-order chi connectivity index (χ0) is 22.9. The Morgan fingerprint density at radius 2 is 1.88 bits per heavy atom. The smallest absolute Gasteiger partial charge is 0.250 e. The summed E-state index contributed by atoms with van der Waals surface area (Å²) in [6.07, 6.45) is 3.62. The van der Waals surface area contributed by atoms with Gasteiger partial charge >= 0.3 is 0 Å². The summed E-state index contributed by atoms with van der Waals surface area (Å²) < 4.78 is 2.97. The molecule has 1 amide bonds. The Balaban J connectivity index is 1.62. The molecule has 6 nitrogen and oxygen atoms in total. The van der Waals surface area contributed by atoms with Crippen LogP contribution < -0.4 is 5.43 Å². The maximum atomic E-state index is 12.3. The van der Waals surface area contributed by atoms with Crippen LogP contribution in [0, 0.1) is 0 Å². The molecule has 1 aromatic heterocycles. The van der Waals surface area contributed by atoms with Crippen molar-refractivity contribution in [1.29, 1.82) is 0 Å². The molecule has 0 aliphatic carbocycles. The highest BCUT2D eigenvalue weighted by molar-refractivity contribution is 9.10. The Hall–Kier alpha value is -2.97. The summed E-state index contributed by atoms with van der Waals surface area (Å²) in [5.74, 6) is 0.699. The Bertz CT molecular complexity index is 1140.